The van der Waals surface area contributed by atoms with Crippen LogP contribution in [-0.2, 0) is 0 Å². The standard InChI is InChI=1S/C18H15FN2O2/c1-11-3-5-13(6-4-11)17-16(18(22)23)12(2)20-21(17)15-9-7-14(19)8-10-15/h3-10H,1-2H3,(H,22,23). The predicted molar refractivity (Wildman–Crippen MR) is 85.4 cm³/mol. The Morgan fingerprint density at radius 3 is 2.22 bits per heavy atom. The average Bonchev–Trinajstić information content (AvgIpc) is 2.86. The Balaban J connectivity index is 2.28. The fourth-order valence-corrected chi connectivity index (χ4v) is 2.53. The quantitative estimate of drug-likeness (QED) is 0.795. The normalized spacial score (nSPS) is 10.7. The van der Waals surface area contributed by atoms with Crippen LogP contribution in [0.2, 0.25) is 0 Å². The lowest BCUT2D eigenvalue weighted by Crippen LogP contribution is -2.03. The number of carbonyl (C=O) groups is 1. The highest BCUT2D eigenvalue weighted by Crippen LogP contribution is 2.29. The topological polar surface area (TPSA) is 55.1 Å². The van der Waals surface area contributed by atoms with Crippen LogP contribution >= 0.6 is 0 Å². The van der Waals surface area contributed by atoms with Crippen molar-refractivity contribution in [1.29, 1.82) is 0 Å². The molecule has 0 bridgehead atoms. The molecular formula is C18H15FN2O2. The van der Waals surface area contributed by atoms with Crippen molar-refractivity contribution in [2.24, 2.45) is 0 Å². The van der Waals surface area contributed by atoms with Gasteiger partial charge in [0.15, 0.2) is 0 Å². The molecule has 0 saturated carbocycles. The molecule has 23 heavy (non-hydrogen) atoms. The van der Waals surface area contributed by atoms with Crippen molar-refractivity contribution >= 4 is 5.97 Å². The van der Waals surface area contributed by atoms with Crippen LogP contribution in [0.4, 0.5) is 4.39 Å². The van der Waals surface area contributed by atoms with Crippen LogP contribution in [0, 0.1) is 19.7 Å². The van der Waals surface area contributed by atoms with Crippen molar-refractivity contribution in [3.8, 4) is 16.9 Å². The minimum Gasteiger partial charge on any atom is -0.478 e. The SMILES string of the molecule is Cc1ccc(-c2c(C(=O)O)c(C)nn2-c2ccc(F)cc2)cc1. The number of hydrogen-bond donors (Lipinski definition) is 1. The minimum absolute atomic E-state index is 0.151. The second kappa shape index (κ2) is 5.68. The van der Waals surface area contributed by atoms with E-state index in [0.29, 0.717) is 17.1 Å². The third-order valence-corrected chi connectivity index (χ3v) is 3.67. The third-order valence-electron chi connectivity index (χ3n) is 3.67. The van der Waals surface area contributed by atoms with Crippen LogP contribution in [-0.4, -0.2) is 20.9 Å². The second-order valence-electron chi connectivity index (χ2n) is 5.37. The van der Waals surface area contributed by atoms with Gasteiger partial charge in [0, 0.05) is 5.56 Å². The van der Waals surface area contributed by atoms with Gasteiger partial charge in [-0.2, -0.15) is 5.10 Å². The van der Waals surface area contributed by atoms with Gasteiger partial charge in [0.2, 0.25) is 0 Å². The number of hydrogen-bond acceptors (Lipinski definition) is 2. The summed E-state index contributed by atoms with van der Waals surface area (Å²) in [6.45, 7) is 3.62. The van der Waals surface area contributed by atoms with Crippen molar-refractivity contribution in [3.63, 3.8) is 0 Å². The second-order valence-corrected chi connectivity index (χ2v) is 5.37. The number of halogens is 1. The number of benzene rings is 2. The predicted octanol–water partition coefficient (Wildman–Crippen LogP) is 3.99. The van der Waals surface area contributed by atoms with E-state index in [1.807, 2.05) is 31.2 Å². The summed E-state index contributed by atoms with van der Waals surface area (Å²) in [6.07, 6.45) is 0. The molecule has 116 valence electrons. The molecule has 0 amide bonds. The van der Waals surface area contributed by atoms with Crippen molar-refractivity contribution in [3.05, 3.63) is 71.2 Å². The molecule has 2 aromatic carbocycles. The molecule has 3 aromatic rings. The average molecular weight is 310 g/mol. The van der Waals surface area contributed by atoms with Gasteiger partial charge in [-0.1, -0.05) is 29.8 Å². The number of rotatable bonds is 3. The molecule has 0 atom stereocenters. The Kier molecular flexibility index (Phi) is 3.70. The maximum atomic E-state index is 13.2. The number of nitrogens with zero attached hydrogens (tertiary/aromatic N) is 2. The van der Waals surface area contributed by atoms with Crippen LogP contribution in [0.5, 0.6) is 0 Å². The molecule has 5 heteroatoms. The molecule has 0 radical (unpaired) electrons. The van der Waals surface area contributed by atoms with Crippen LogP contribution in [0.3, 0.4) is 0 Å². The molecule has 0 aliphatic carbocycles. The number of aromatic nitrogens is 2. The van der Waals surface area contributed by atoms with Gasteiger partial charge < -0.3 is 5.11 Å². The molecule has 4 nitrogen and oxygen atoms in total. The van der Waals surface area contributed by atoms with E-state index in [1.54, 1.807) is 23.7 Å². The monoisotopic (exact) mass is 310 g/mol. The first kappa shape index (κ1) is 15.0. The van der Waals surface area contributed by atoms with E-state index < -0.39 is 5.97 Å². The lowest BCUT2D eigenvalue weighted by molar-refractivity contribution is 0.0697. The van der Waals surface area contributed by atoms with Crippen molar-refractivity contribution in [2.75, 3.05) is 0 Å². The summed E-state index contributed by atoms with van der Waals surface area (Å²) in [4.78, 5) is 11.7. The molecule has 3 rings (SSSR count). The van der Waals surface area contributed by atoms with Gasteiger partial charge in [0.1, 0.15) is 11.4 Å². The van der Waals surface area contributed by atoms with Crippen LogP contribution < -0.4 is 0 Å². The molecule has 1 heterocycles. The zero-order valence-electron chi connectivity index (χ0n) is 12.7. The lowest BCUT2D eigenvalue weighted by atomic mass is 10.0. The van der Waals surface area contributed by atoms with Crippen molar-refractivity contribution in [1.82, 2.24) is 9.78 Å². The fourth-order valence-electron chi connectivity index (χ4n) is 2.53. The number of carboxylic acid groups (broad SMARTS) is 1. The fraction of sp³-hybridized carbons (Fsp3) is 0.111. The van der Waals surface area contributed by atoms with E-state index >= 15 is 0 Å². The summed E-state index contributed by atoms with van der Waals surface area (Å²) in [5, 5.41) is 13.9. The van der Waals surface area contributed by atoms with Crippen LogP contribution in [0.15, 0.2) is 48.5 Å². The Bertz CT molecular complexity index is 865. The number of aromatic carboxylic acids is 1. The minimum atomic E-state index is -1.04. The molecule has 0 saturated heterocycles. The van der Waals surface area contributed by atoms with Gasteiger partial charge in [-0.05, 0) is 38.1 Å². The number of aryl methyl sites for hydroxylation is 2. The highest BCUT2D eigenvalue weighted by Gasteiger charge is 2.23. The smallest absolute Gasteiger partial charge is 0.339 e. The van der Waals surface area contributed by atoms with Gasteiger partial charge in [-0.25, -0.2) is 13.9 Å². The molecule has 0 aliphatic heterocycles. The highest BCUT2D eigenvalue weighted by atomic mass is 19.1. The van der Waals surface area contributed by atoms with Crippen LogP contribution in [0.25, 0.3) is 16.9 Å². The largest absolute Gasteiger partial charge is 0.478 e. The summed E-state index contributed by atoms with van der Waals surface area (Å²) in [5.41, 5.74) is 3.49. The third kappa shape index (κ3) is 2.73. The van der Waals surface area contributed by atoms with Gasteiger partial charge in [-0.15, -0.1) is 0 Å². The Hall–Kier alpha value is -2.95. The van der Waals surface area contributed by atoms with Gasteiger partial charge in [0.05, 0.1) is 17.1 Å². The Morgan fingerprint density at radius 2 is 1.65 bits per heavy atom. The van der Waals surface area contributed by atoms with Gasteiger partial charge >= 0.3 is 5.97 Å². The van der Waals surface area contributed by atoms with E-state index in [9.17, 15) is 14.3 Å². The van der Waals surface area contributed by atoms with E-state index in [2.05, 4.69) is 5.10 Å². The summed E-state index contributed by atoms with van der Waals surface area (Å²) in [7, 11) is 0. The maximum absolute atomic E-state index is 13.2. The molecule has 1 N–H and O–H groups in total. The van der Waals surface area contributed by atoms with Gasteiger partial charge in [0.25, 0.3) is 0 Å². The molecule has 0 aliphatic rings. The van der Waals surface area contributed by atoms with E-state index in [-0.39, 0.29) is 11.4 Å². The Labute approximate surface area is 132 Å². The molecule has 0 fully saturated rings. The van der Waals surface area contributed by atoms with Crippen molar-refractivity contribution < 1.29 is 14.3 Å². The Morgan fingerprint density at radius 1 is 1.04 bits per heavy atom. The summed E-state index contributed by atoms with van der Waals surface area (Å²) >= 11 is 0. The van der Waals surface area contributed by atoms with Gasteiger partial charge in [-0.3, -0.25) is 0 Å². The summed E-state index contributed by atoms with van der Waals surface area (Å²) < 4.78 is 14.7. The highest BCUT2D eigenvalue weighted by molar-refractivity contribution is 5.96. The number of carboxylic acids is 1. The maximum Gasteiger partial charge on any atom is 0.339 e. The molecular weight excluding hydrogens is 295 g/mol. The van der Waals surface area contributed by atoms with E-state index in [1.165, 1.54) is 12.1 Å². The molecule has 0 unspecified atom stereocenters. The lowest BCUT2D eigenvalue weighted by Gasteiger charge is -2.09. The van der Waals surface area contributed by atoms with Crippen molar-refractivity contribution in [2.45, 2.75) is 13.8 Å². The molecule has 0 spiro atoms. The molecule has 1 aromatic heterocycles. The first-order valence-corrected chi connectivity index (χ1v) is 7.13. The van der Waals surface area contributed by atoms with E-state index in [4.69, 9.17) is 0 Å². The zero-order valence-corrected chi connectivity index (χ0v) is 12.7. The summed E-state index contributed by atoms with van der Waals surface area (Å²) in [6, 6.07) is 13.3. The first-order valence-electron chi connectivity index (χ1n) is 7.13. The summed E-state index contributed by atoms with van der Waals surface area (Å²) in [5.74, 6) is -1.39. The van der Waals surface area contributed by atoms with Crippen LogP contribution in [0.1, 0.15) is 21.6 Å². The first-order chi connectivity index (χ1) is 11.0. The zero-order chi connectivity index (χ0) is 16.6. The van der Waals surface area contributed by atoms with E-state index in [0.717, 1.165) is 11.1 Å².